The van der Waals surface area contributed by atoms with E-state index in [-0.39, 0.29) is 11.3 Å². The number of ether oxygens (including phenoxy) is 2. The van der Waals surface area contributed by atoms with Gasteiger partial charge < -0.3 is 13.9 Å². The van der Waals surface area contributed by atoms with Gasteiger partial charge in [-0.05, 0) is 66.9 Å². The molecule has 1 saturated heterocycles. The molecule has 168 valence electrons. The van der Waals surface area contributed by atoms with Crippen LogP contribution in [0, 0.1) is 0 Å². The Kier molecular flexibility index (Phi) is 9.34. The number of halogens is 1. The summed E-state index contributed by atoms with van der Waals surface area (Å²) in [7, 11) is -2.46. The Hall–Kier alpha value is -0.993. The molecular formula is C26H35IO3Si. The minimum atomic E-state index is -2.46. The highest BCUT2D eigenvalue weighted by Gasteiger charge is 2.49. The Morgan fingerprint density at radius 1 is 1.03 bits per heavy atom. The fourth-order valence-corrected chi connectivity index (χ4v) is 9.22. The van der Waals surface area contributed by atoms with Crippen LogP contribution in [0.5, 0.6) is 0 Å². The summed E-state index contributed by atoms with van der Waals surface area (Å²) in [5.41, 5.74) is 0. The van der Waals surface area contributed by atoms with Gasteiger partial charge in [0.15, 0.2) is 6.29 Å². The first-order valence-electron chi connectivity index (χ1n) is 11.3. The van der Waals surface area contributed by atoms with Gasteiger partial charge in [-0.2, -0.15) is 0 Å². The van der Waals surface area contributed by atoms with Gasteiger partial charge in [-0.25, -0.2) is 0 Å². The van der Waals surface area contributed by atoms with Gasteiger partial charge in [0.25, 0.3) is 8.32 Å². The van der Waals surface area contributed by atoms with Crippen molar-refractivity contribution in [2.75, 3.05) is 19.8 Å². The predicted octanol–water partition coefficient (Wildman–Crippen LogP) is 5.82. The number of hydrogen-bond donors (Lipinski definition) is 0. The van der Waals surface area contributed by atoms with Gasteiger partial charge in [0, 0.05) is 19.6 Å². The maximum Gasteiger partial charge on any atom is 0.261 e. The lowest BCUT2D eigenvalue weighted by molar-refractivity contribution is -0.155. The Morgan fingerprint density at radius 3 is 2.16 bits per heavy atom. The fraction of sp³-hybridized carbons (Fsp3) is 0.462. The zero-order valence-corrected chi connectivity index (χ0v) is 22.1. The quantitative estimate of drug-likeness (QED) is 0.291. The number of rotatable bonds is 9. The largest absolute Gasteiger partial charge is 0.407 e. The van der Waals surface area contributed by atoms with Crippen LogP contribution in [-0.2, 0) is 13.9 Å². The van der Waals surface area contributed by atoms with Crippen LogP contribution in [0.1, 0.15) is 46.5 Å². The van der Waals surface area contributed by atoms with Gasteiger partial charge in [0.05, 0.1) is 6.61 Å². The molecule has 31 heavy (non-hydrogen) atoms. The van der Waals surface area contributed by atoms with Crippen molar-refractivity contribution in [2.45, 2.75) is 57.8 Å². The van der Waals surface area contributed by atoms with Crippen LogP contribution in [-0.4, -0.2) is 34.4 Å². The maximum absolute atomic E-state index is 6.96. The summed E-state index contributed by atoms with van der Waals surface area (Å²) in [5.74, 6) is 0. The first-order valence-corrected chi connectivity index (χ1v) is 14.2. The lowest BCUT2D eigenvalue weighted by Gasteiger charge is -2.43. The summed E-state index contributed by atoms with van der Waals surface area (Å²) in [6, 6.07) is 21.6. The van der Waals surface area contributed by atoms with E-state index in [2.05, 4.69) is 110 Å². The van der Waals surface area contributed by atoms with Crippen LogP contribution in [0.2, 0.25) is 5.04 Å². The van der Waals surface area contributed by atoms with E-state index in [1.165, 1.54) is 20.4 Å². The average Bonchev–Trinajstić information content (AvgIpc) is 2.78. The van der Waals surface area contributed by atoms with Gasteiger partial charge in [-0.3, -0.25) is 0 Å². The second kappa shape index (κ2) is 11.7. The Bertz CT molecular complexity index is 772. The maximum atomic E-state index is 6.96. The first-order chi connectivity index (χ1) is 14.9. The van der Waals surface area contributed by atoms with Crippen molar-refractivity contribution in [3.8, 4) is 0 Å². The molecule has 0 aromatic heterocycles. The summed E-state index contributed by atoms with van der Waals surface area (Å²) in [4.78, 5) is 0. The topological polar surface area (TPSA) is 27.7 Å². The van der Waals surface area contributed by atoms with Crippen molar-refractivity contribution in [1.29, 1.82) is 0 Å². The summed E-state index contributed by atoms with van der Waals surface area (Å²) < 4.78 is 19.7. The number of benzene rings is 2. The third kappa shape index (κ3) is 6.51. The van der Waals surface area contributed by atoms with Crippen LogP contribution in [0.15, 0.2) is 70.3 Å². The highest BCUT2D eigenvalue weighted by atomic mass is 127. The van der Waals surface area contributed by atoms with E-state index in [9.17, 15) is 0 Å². The molecule has 0 spiro atoms. The van der Waals surface area contributed by atoms with Gasteiger partial charge in [-0.15, -0.1) is 0 Å². The third-order valence-electron chi connectivity index (χ3n) is 5.80. The summed E-state index contributed by atoms with van der Waals surface area (Å²) in [6.45, 7) is 9.07. The molecule has 0 bridgehead atoms. The highest BCUT2D eigenvalue weighted by Crippen LogP contribution is 2.37. The molecule has 3 nitrogen and oxygen atoms in total. The van der Waals surface area contributed by atoms with Crippen molar-refractivity contribution in [1.82, 2.24) is 0 Å². The van der Waals surface area contributed by atoms with Gasteiger partial charge in [-0.1, -0.05) is 81.4 Å². The zero-order valence-electron chi connectivity index (χ0n) is 19.0. The van der Waals surface area contributed by atoms with Gasteiger partial charge in [0.2, 0.25) is 0 Å². The molecule has 0 aliphatic carbocycles. The standard InChI is InChI=1S/C26H35IO3Si/c1-26(2,3)31(23-12-6-4-7-13-23,24-14-8-5-9-15-24)30-21-18-22(27)17-20-29-25-16-10-11-19-28-25/h4-9,12-15,17,25H,10-11,16,18-21H2,1-3H3/b22-17-. The molecule has 0 radical (unpaired) electrons. The number of hydrogen-bond acceptors (Lipinski definition) is 3. The minimum absolute atomic E-state index is 0.00624. The van der Waals surface area contributed by atoms with Crippen LogP contribution in [0.25, 0.3) is 0 Å². The van der Waals surface area contributed by atoms with Crippen molar-refractivity contribution >= 4 is 41.3 Å². The second-order valence-electron chi connectivity index (χ2n) is 9.04. The van der Waals surface area contributed by atoms with Gasteiger partial charge in [0.1, 0.15) is 0 Å². The SMILES string of the molecule is CC(C)(C)[Si](OCC/C(I)=C/COC1CCCCO1)(c1ccccc1)c1ccccc1. The molecule has 1 aliphatic rings. The van der Waals surface area contributed by atoms with Crippen molar-refractivity contribution in [3.63, 3.8) is 0 Å². The average molecular weight is 551 g/mol. The molecule has 3 rings (SSSR count). The fourth-order valence-electron chi connectivity index (χ4n) is 4.25. The van der Waals surface area contributed by atoms with Crippen molar-refractivity contribution < 1.29 is 13.9 Å². The third-order valence-corrected chi connectivity index (χ3v) is 11.8. The molecule has 0 N–H and O–H groups in total. The smallest absolute Gasteiger partial charge is 0.261 e. The molecule has 0 amide bonds. The molecule has 2 aromatic rings. The van der Waals surface area contributed by atoms with Crippen LogP contribution < -0.4 is 10.4 Å². The van der Waals surface area contributed by atoms with E-state index in [0.717, 1.165) is 25.9 Å². The molecule has 1 atom stereocenters. The monoisotopic (exact) mass is 550 g/mol. The van der Waals surface area contributed by atoms with E-state index in [1.807, 2.05) is 0 Å². The van der Waals surface area contributed by atoms with Crippen LogP contribution in [0.3, 0.4) is 0 Å². The lowest BCUT2D eigenvalue weighted by atomic mass is 10.2. The molecule has 1 unspecified atom stereocenters. The van der Waals surface area contributed by atoms with Crippen LogP contribution >= 0.6 is 22.6 Å². The molecule has 0 saturated carbocycles. The van der Waals surface area contributed by atoms with Crippen molar-refractivity contribution in [3.05, 3.63) is 70.3 Å². The normalized spacial score (nSPS) is 18.2. The van der Waals surface area contributed by atoms with E-state index >= 15 is 0 Å². The molecule has 2 aromatic carbocycles. The Labute approximate surface area is 202 Å². The predicted molar refractivity (Wildman–Crippen MR) is 140 cm³/mol. The molecule has 5 heteroatoms. The summed E-state index contributed by atoms with van der Waals surface area (Å²) >= 11 is 2.41. The lowest BCUT2D eigenvalue weighted by Crippen LogP contribution is -2.66. The molecule has 1 heterocycles. The first kappa shape index (κ1) is 24.6. The minimum Gasteiger partial charge on any atom is -0.407 e. The summed E-state index contributed by atoms with van der Waals surface area (Å²) in [5, 5.41) is 2.66. The van der Waals surface area contributed by atoms with E-state index < -0.39 is 8.32 Å². The second-order valence-corrected chi connectivity index (χ2v) is 14.7. The highest BCUT2D eigenvalue weighted by molar-refractivity contribution is 14.1. The van der Waals surface area contributed by atoms with E-state index in [1.54, 1.807) is 0 Å². The molecule has 1 aliphatic heterocycles. The van der Waals surface area contributed by atoms with E-state index in [0.29, 0.717) is 13.2 Å². The van der Waals surface area contributed by atoms with Gasteiger partial charge >= 0.3 is 0 Å². The zero-order chi connectivity index (χ0) is 22.2. The Morgan fingerprint density at radius 2 is 1.65 bits per heavy atom. The molecular weight excluding hydrogens is 515 g/mol. The van der Waals surface area contributed by atoms with E-state index in [4.69, 9.17) is 13.9 Å². The Balaban J connectivity index is 1.71. The van der Waals surface area contributed by atoms with Crippen LogP contribution in [0.4, 0.5) is 0 Å². The summed E-state index contributed by atoms with van der Waals surface area (Å²) in [6.07, 6.45) is 6.35. The van der Waals surface area contributed by atoms with Crippen molar-refractivity contribution in [2.24, 2.45) is 0 Å². The molecule has 1 fully saturated rings.